The summed E-state index contributed by atoms with van der Waals surface area (Å²) in [4.78, 5) is 5.58. The fraction of sp³-hybridized carbons (Fsp3) is 0.375. The van der Waals surface area contributed by atoms with Gasteiger partial charge in [0.15, 0.2) is 0 Å². The van der Waals surface area contributed by atoms with E-state index in [9.17, 15) is 5.11 Å². The molecule has 2 N–H and O–H groups in total. The summed E-state index contributed by atoms with van der Waals surface area (Å²) >= 11 is 12.1. The van der Waals surface area contributed by atoms with Crippen LogP contribution in [-0.2, 0) is 0 Å². The highest BCUT2D eigenvalue weighted by atomic mass is 35.5. The lowest BCUT2D eigenvalue weighted by atomic mass is 10.1. The Morgan fingerprint density at radius 3 is 2.90 bits per heavy atom. The number of hydrogen-bond acceptors (Lipinski definition) is 2. The Hall–Kier alpha value is -1.000. The van der Waals surface area contributed by atoms with Crippen LogP contribution in [0.1, 0.15) is 36.2 Å². The number of benzene rings is 1. The summed E-state index contributed by atoms with van der Waals surface area (Å²) in [6.07, 6.45) is 3.59. The zero-order chi connectivity index (χ0) is 14.8. The molecule has 1 aromatic heterocycles. The molecule has 112 valence electrons. The largest absolute Gasteiger partial charge is 0.387 e. The molecule has 0 aliphatic carbocycles. The Morgan fingerprint density at radius 1 is 1.33 bits per heavy atom. The second-order valence-electron chi connectivity index (χ2n) is 5.46. The molecular weight excluding hydrogens is 307 g/mol. The van der Waals surface area contributed by atoms with Gasteiger partial charge in [-0.05, 0) is 43.7 Å². The minimum absolute atomic E-state index is 0.348. The second-order valence-corrected chi connectivity index (χ2v) is 6.30. The fourth-order valence-electron chi connectivity index (χ4n) is 3.04. The molecule has 2 heterocycles. The van der Waals surface area contributed by atoms with E-state index >= 15 is 0 Å². The van der Waals surface area contributed by atoms with Crippen molar-refractivity contribution in [2.24, 2.45) is 0 Å². The summed E-state index contributed by atoms with van der Waals surface area (Å²) in [7, 11) is 0. The smallest absolute Gasteiger partial charge is 0.0931 e. The third kappa shape index (κ3) is 3.27. The van der Waals surface area contributed by atoms with E-state index in [1.165, 1.54) is 5.69 Å². The van der Waals surface area contributed by atoms with E-state index in [0.717, 1.165) is 24.9 Å². The monoisotopic (exact) mass is 324 g/mol. The summed E-state index contributed by atoms with van der Waals surface area (Å²) in [5.41, 5.74) is 1.94. The first-order chi connectivity index (χ1) is 10.1. The number of likely N-dealkylation sites (tertiary alicyclic amines) is 1. The number of aromatic nitrogens is 1. The van der Waals surface area contributed by atoms with Gasteiger partial charge in [-0.25, -0.2) is 0 Å². The average Bonchev–Trinajstić information content (AvgIpc) is 3.08. The van der Waals surface area contributed by atoms with Crippen LogP contribution < -0.4 is 0 Å². The quantitative estimate of drug-likeness (QED) is 0.885. The summed E-state index contributed by atoms with van der Waals surface area (Å²) in [6, 6.07) is 9.70. The van der Waals surface area contributed by atoms with Crippen LogP contribution in [0.5, 0.6) is 0 Å². The standard InChI is InChI=1S/C16H18Cl2N2O/c17-11-5-6-12(13(18)9-11)16(21)10-20-8-2-4-15(20)14-3-1-7-19-14/h1,3,5-7,9,15-16,19,21H,2,4,8,10H2. The minimum atomic E-state index is -0.606. The Morgan fingerprint density at radius 2 is 2.19 bits per heavy atom. The van der Waals surface area contributed by atoms with Crippen LogP contribution in [0.25, 0.3) is 0 Å². The van der Waals surface area contributed by atoms with Crippen molar-refractivity contribution in [2.45, 2.75) is 25.0 Å². The van der Waals surface area contributed by atoms with Gasteiger partial charge in [0.25, 0.3) is 0 Å². The average molecular weight is 325 g/mol. The molecular formula is C16H18Cl2N2O. The SMILES string of the molecule is OC(CN1CCCC1c1ccc[nH]1)c1ccc(Cl)cc1Cl. The van der Waals surface area contributed by atoms with Gasteiger partial charge in [-0.15, -0.1) is 0 Å². The van der Waals surface area contributed by atoms with Gasteiger partial charge < -0.3 is 10.1 Å². The molecule has 0 radical (unpaired) electrons. The molecule has 1 aliphatic heterocycles. The zero-order valence-corrected chi connectivity index (χ0v) is 13.1. The van der Waals surface area contributed by atoms with Crippen LogP contribution in [-0.4, -0.2) is 28.1 Å². The van der Waals surface area contributed by atoms with Gasteiger partial charge in [-0.2, -0.15) is 0 Å². The summed E-state index contributed by atoms with van der Waals surface area (Å²) in [5.74, 6) is 0. The molecule has 0 bridgehead atoms. The first-order valence-corrected chi connectivity index (χ1v) is 7.91. The number of rotatable bonds is 4. The van der Waals surface area contributed by atoms with Gasteiger partial charge in [-0.1, -0.05) is 29.3 Å². The van der Waals surface area contributed by atoms with E-state index in [1.807, 2.05) is 12.3 Å². The predicted molar refractivity (Wildman–Crippen MR) is 85.8 cm³/mol. The lowest BCUT2D eigenvalue weighted by molar-refractivity contribution is 0.105. The van der Waals surface area contributed by atoms with Crippen LogP contribution in [0.4, 0.5) is 0 Å². The van der Waals surface area contributed by atoms with E-state index < -0.39 is 6.10 Å². The van der Waals surface area contributed by atoms with Crippen molar-refractivity contribution < 1.29 is 5.11 Å². The maximum Gasteiger partial charge on any atom is 0.0931 e. The number of nitrogens with zero attached hydrogens (tertiary/aromatic N) is 1. The summed E-state index contributed by atoms with van der Waals surface area (Å²) in [5, 5.41) is 11.6. The molecule has 2 unspecified atom stereocenters. The van der Waals surface area contributed by atoms with Crippen LogP contribution in [0.15, 0.2) is 36.5 Å². The Balaban J connectivity index is 1.73. The van der Waals surface area contributed by atoms with Gasteiger partial charge >= 0.3 is 0 Å². The van der Waals surface area contributed by atoms with Gasteiger partial charge in [0.2, 0.25) is 0 Å². The van der Waals surface area contributed by atoms with E-state index in [2.05, 4.69) is 16.0 Å². The molecule has 2 aromatic rings. The van der Waals surface area contributed by atoms with Gasteiger partial charge in [-0.3, -0.25) is 4.90 Å². The fourth-order valence-corrected chi connectivity index (χ4v) is 3.58. The van der Waals surface area contributed by atoms with Crippen LogP contribution in [0.2, 0.25) is 10.0 Å². The van der Waals surface area contributed by atoms with Crippen molar-refractivity contribution in [1.29, 1.82) is 0 Å². The molecule has 1 fully saturated rings. The lowest BCUT2D eigenvalue weighted by Crippen LogP contribution is -2.28. The van der Waals surface area contributed by atoms with Crippen molar-refractivity contribution in [3.63, 3.8) is 0 Å². The van der Waals surface area contributed by atoms with Crippen LogP contribution in [0.3, 0.4) is 0 Å². The van der Waals surface area contributed by atoms with Gasteiger partial charge in [0.05, 0.1) is 6.10 Å². The number of aliphatic hydroxyl groups excluding tert-OH is 1. The number of aromatic amines is 1. The molecule has 3 rings (SSSR count). The van der Waals surface area contributed by atoms with E-state index in [1.54, 1.807) is 18.2 Å². The highest BCUT2D eigenvalue weighted by Crippen LogP contribution is 2.34. The maximum atomic E-state index is 10.5. The summed E-state index contributed by atoms with van der Waals surface area (Å²) in [6.45, 7) is 1.57. The topological polar surface area (TPSA) is 39.3 Å². The normalized spacial score (nSPS) is 20.8. The molecule has 2 atom stereocenters. The van der Waals surface area contributed by atoms with Crippen molar-refractivity contribution in [1.82, 2.24) is 9.88 Å². The first-order valence-electron chi connectivity index (χ1n) is 7.15. The molecule has 0 spiro atoms. The maximum absolute atomic E-state index is 10.5. The molecule has 21 heavy (non-hydrogen) atoms. The Kier molecular flexibility index (Phi) is 4.55. The Bertz CT molecular complexity index is 600. The third-order valence-corrected chi connectivity index (χ3v) is 4.64. The second kappa shape index (κ2) is 6.41. The molecule has 0 saturated carbocycles. The zero-order valence-electron chi connectivity index (χ0n) is 11.6. The minimum Gasteiger partial charge on any atom is -0.387 e. The number of β-amino-alcohol motifs (C(OH)–C–C–N with tert-alkyl or cyclic N) is 1. The Labute approximate surface area is 134 Å². The molecule has 1 aromatic carbocycles. The number of halogens is 2. The van der Waals surface area contributed by atoms with Crippen molar-refractivity contribution in [3.8, 4) is 0 Å². The van der Waals surface area contributed by atoms with Crippen LogP contribution >= 0.6 is 23.2 Å². The number of H-pyrrole nitrogens is 1. The van der Waals surface area contributed by atoms with Gasteiger partial charge in [0.1, 0.15) is 0 Å². The molecule has 3 nitrogen and oxygen atoms in total. The van der Waals surface area contributed by atoms with Crippen LogP contribution in [0, 0.1) is 0 Å². The van der Waals surface area contributed by atoms with Crippen molar-refractivity contribution >= 4 is 23.2 Å². The first kappa shape index (κ1) is 14.9. The highest BCUT2D eigenvalue weighted by Gasteiger charge is 2.28. The number of nitrogens with one attached hydrogen (secondary N) is 1. The van der Waals surface area contributed by atoms with E-state index in [4.69, 9.17) is 23.2 Å². The van der Waals surface area contributed by atoms with E-state index in [0.29, 0.717) is 22.6 Å². The predicted octanol–water partition coefficient (Wildman–Crippen LogP) is 4.19. The molecule has 5 heteroatoms. The molecule has 1 aliphatic rings. The third-order valence-electron chi connectivity index (χ3n) is 4.07. The van der Waals surface area contributed by atoms with Gasteiger partial charge in [0, 0.05) is 40.1 Å². The molecule has 0 amide bonds. The summed E-state index contributed by atoms with van der Waals surface area (Å²) < 4.78 is 0. The van der Waals surface area contributed by atoms with Crippen molar-refractivity contribution in [2.75, 3.05) is 13.1 Å². The lowest BCUT2D eigenvalue weighted by Gasteiger charge is -2.26. The molecule has 1 saturated heterocycles. The number of aliphatic hydroxyl groups is 1. The highest BCUT2D eigenvalue weighted by molar-refractivity contribution is 6.35. The van der Waals surface area contributed by atoms with E-state index in [-0.39, 0.29) is 0 Å². The number of hydrogen-bond donors (Lipinski definition) is 2. The van der Waals surface area contributed by atoms with Crippen molar-refractivity contribution in [3.05, 3.63) is 57.8 Å².